The van der Waals surface area contributed by atoms with Gasteiger partial charge in [0.1, 0.15) is 5.75 Å². The van der Waals surface area contributed by atoms with Gasteiger partial charge < -0.3 is 15.7 Å². The molecule has 3 heteroatoms. The molecule has 0 radical (unpaired) electrons. The van der Waals surface area contributed by atoms with Gasteiger partial charge in [-0.2, -0.15) is 0 Å². The van der Waals surface area contributed by atoms with Crippen molar-refractivity contribution in [2.75, 3.05) is 18.0 Å². The summed E-state index contributed by atoms with van der Waals surface area (Å²) in [7, 11) is 0. The average Bonchev–Trinajstić information content (AvgIpc) is 2.69. The van der Waals surface area contributed by atoms with Crippen molar-refractivity contribution in [1.29, 1.82) is 0 Å². The molecular weight excluding hydrogens is 260 g/mol. The van der Waals surface area contributed by atoms with Crippen molar-refractivity contribution in [3.05, 3.63) is 59.2 Å². The van der Waals surface area contributed by atoms with E-state index >= 15 is 0 Å². The summed E-state index contributed by atoms with van der Waals surface area (Å²) in [5, 5.41) is 10.1. The molecule has 0 bridgehead atoms. The van der Waals surface area contributed by atoms with E-state index in [9.17, 15) is 5.11 Å². The summed E-state index contributed by atoms with van der Waals surface area (Å²) < 4.78 is 0. The van der Waals surface area contributed by atoms with Gasteiger partial charge in [-0.1, -0.05) is 30.3 Å². The molecule has 1 aliphatic heterocycles. The molecule has 0 saturated heterocycles. The van der Waals surface area contributed by atoms with Gasteiger partial charge in [0.25, 0.3) is 0 Å². The summed E-state index contributed by atoms with van der Waals surface area (Å²) in [6.45, 7) is 3.85. The number of aromatic hydroxyl groups is 1. The number of fused-ring (bicyclic) bond motifs is 1. The number of hydrogen-bond acceptors (Lipinski definition) is 3. The quantitative estimate of drug-likeness (QED) is 0.890. The summed E-state index contributed by atoms with van der Waals surface area (Å²) in [5.74, 6) is 0.296. The fraction of sp³-hybridized carbons (Fsp3) is 0.333. The SMILES string of the molecule is CC(N)c1ccc(N2CCc3ccccc3CC2)cc1O. The van der Waals surface area contributed by atoms with Gasteiger partial charge in [-0.05, 0) is 37.0 Å². The molecule has 0 amide bonds. The lowest BCUT2D eigenvalue weighted by atomic mass is 10.0. The van der Waals surface area contributed by atoms with Crippen LogP contribution in [0.25, 0.3) is 0 Å². The lowest BCUT2D eigenvalue weighted by molar-refractivity contribution is 0.463. The molecule has 2 aromatic carbocycles. The van der Waals surface area contributed by atoms with Gasteiger partial charge in [0.05, 0.1) is 0 Å². The van der Waals surface area contributed by atoms with Crippen LogP contribution in [0.3, 0.4) is 0 Å². The summed E-state index contributed by atoms with van der Waals surface area (Å²) in [5.41, 5.74) is 10.6. The first-order valence-corrected chi connectivity index (χ1v) is 7.55. The normalized spacial score (nSPS) is 16.2. The number of rotatable bonds is 2. The number of nitrogens with two attached hydrogens (primary N) is 1. The van der Waals surface area contributed by atoms with Crippen LogP contribution in [0.2, 0.25) is 0 Å². The van der Waals surface area contributed by atoms with Gasteiger partial charge in [0.2, 0.25) is 0 Å². The van der Waals surface area contributed by atoms with Gasteiger partial charge >= 0.3 is 0 Å². The van der Waals surface area contributed by atoms with Crippen LogP contribution >= 0.6 is 0 Å². The van der Waals surface area contributed by atoms with Crippen LogP contribution in [0, 0.1) is 0 Å². The molecule has 1 aliphatic rings. The van der Waals surface area contributed by atoms with E-state index in [-0.39, 0.29) is 6.04 Å². The highest BCUT2D eigenvalue weighted by Gasteiger charge is 2.15. The van der Waals surface area contributed by atoms with E-state index in [4.69, 9.17) is 5.73 Å². The topological polar surface area (TPSA) is 49.5 Å². The first kappa shape index (κ1) is 14.0. The Balaban J connectivity index is 1.81. The van der Waals surface area contributed by atoms with E-state index in [2.05, 4.69) is 35.2 Å². The summed E-state index contributed by atoms with van der Waals surface area (Å²) in [6, 6.07) is 14.4. The van der Waals surface area contributed by atoms with Gasteiger partial charge in [-0.3, -0.25) is 0 Å². The molecule has 1 heterocycles. The van der Waals surface area contributed by atoms with E-state index < -0.39 is 0 Å². The van der Waals surface area contributed by atoms with Crippen molar-refractivity contribution in [1.82, 2.24) is 0 Å². The monoisotopic (exact) mass is 282 g/mol. The van der Waals surface area contributed by atoms with Gasteiger partial charge in [0.15, 0.2) is 0 Å². The molecule has 2 aromatic rings. The highest BCUT2D eigenvalue weighted by molar-refractivity contribution is 5.54. The fourth-order valence-electron chi connectivity index (χ4n) is 3.04. The third-order valence-corrected chi connectivity index (χ3v) is 4.29. The maximum absolute atomic E-state index is 10.1. The van der Waals surface area contributed by atoms with Gasteiger partial charge in [0, 0.05) is 36.4 Å². The summed E-state index contributed by atoms with van der Waals surface area (Å²) in [6.07, 6.45) is 2.10. The Kier molecular flexibility index (Phi) is 3.84. The Morgan fingerprint density at radius 2 is 1.67 bits per heavy atom. The number of phenols is 1. The average molecular weight is 282 g/mol. The molecule has 21 heavy (non-hydrogen) atoms. The Bertz CT molecular complexity index is 610. The minimum atomic E-state index is -0.146. The predicted molar refractivity (Wildman–Crippen MR) is 86.8 cm³/mol. The van der Waals surface area contributed by atoms with Crippen molar-refractivity contribution in [2.24, 2.45) is 5.73 Å². The van der Waals surface area contributed by atoms with Crippen LogP contribution in [0.5, 0.6) is 5.75 Å². The third kappa shape index (κ3) is 2.88. The van der Waals surface area contributed by atoms with Crippen molar-refractivity contribution in [2.45, 2.75) is 25.8 Å². The smallest absolute Gasteiger partial charge is 0.122 e. The molecule has 0 fully saturated rings. The summed E-state index contributed by atoms with van der Waals surface area (Å²) >= 11 is 0. The lowest BCUT2D eigenvalue weighted by Crippen LogP contribution is -2.26. The first-order chi connectivity index (χ1) is 10.1. The second-order valence-corrected chi connectivity index (χ2v) is 5.79. The lowest BCUT2D eigenvalue weighted by Gasteiger charge is -2.23. The number of benzene rings is 2. The minimum Gasteiger partial charge on any atom is -0.508 e. The largest absolute Gasteiger partial charge is 0.508 e. The molecule has 1 atom stereocenters. The predicted octanol–water partition coefficient (Wildman–Crippen LogP) is 3.02. The zero-order chi connectivity index (χ0) is 14.8. The molecule has 3 N–H and O–H groups in total. The van der Waals surface area contributed by atoms with E-state index in [1.54, 1.807) is 0 Å². The van der Waals surface area contributed by atoms with Crippen LogP contribution in [-0.2, 0) is 12.8 Å². The van der Waals surface area contributed by atoms with Gasteiger partial charge in [-0.25, -0.2) is 0 Å². The zero-order valence-electron chi connectivity index (χ0n) is 12.4. The van der Waals surface area contributed by atoms with Crippen LogP contribution in [0.1, 0.15) is 29.7 Å². The van der Waals surface area contributed by atoms with E-state index in [1.807, 2.05) is 19.1 Å². The highest BCUT2D eigenvalue weighted by Crippen LogP contribution is 2.29. The van der Waals surface area contributed by atoms with E-state index in [0.29, 0.717) is 5.75 Å². The summed E-state index contributed by atoms with van der Waals surface area (Å²) in [4.78, 5) is 2.34. The Morgan fingerprint density at radius 3 is 2.19 bits per heavy atom. The van der Waals surface area contributed by atoms with Crippen molar-refractivity contribution < 1.29 is 5.11 Å². The first-order valence-electron chi connectivity index (χ1n) is 7.55. The van der Waals surface area contributed by atoms with E-state index in [1.165, 1.54) is 11.1 Å². The Hall–Kier alpha value is -2.00. The zero-order valence-corrected chi connectivity index (χ0v) is 12.4. The van der Waals surface area contributed by atoms with Crippen molar-refractivity contribution in [3.63, 3.8) is 0 Å². The van der Waals surface area contributed by atoms with E-state index in [0.717, 1.165) is 37.2 Å². The number of nitrogens with zero attached hydrogens (tertiary/aromatic N) is 1. The highest BCUT2D eigenvalue weighted by atomic mass is 16.3. The molecular formula is C18H22N2O. The standard InChI is InChI=1S/C18H22N2O/c1-13(19)17-7-6-16(12-18(17)21)20-10-8-14-4-2-3-5-15(14)9-11-20/h2-7,12-13,21H,8-11,19H2,1H3. The molecule has 0 aromatic heterocycles. The molecule has 3 rings (SSSR count). The second kappa shape index (κ2) is 5.78. The van der Waals surface area contributed by atoms with Crippen LogP contribution in [0.4, 0.5) is 5.69 Å². The molecule has 110 valence electrons. The Labute approximate surface area is 126 Å². The van der Waals surface area contributed by atoms with Crippen LogP contribution in [-0.4, -0.2) is 18.2 Å². The minimum absolute atomic E-state index is 0.146. The fourth-order valence-corrected chi connectivity index (χ4v) is 3.04. The Morgan fingerprint density at radius 1 is 1.05 bits per heavy atom. The second-order valence-electron chi connectivity index (χ2n) is 5.79. The van der Waals surface area contributed by atoms with Crippen molar-refractivity contribution in [3.8, 4) is 5.75 Å². The molecule has 0 aliphatic carbocycles. The van der Waals surface area contributed by atoms with Crippen LogP contribution < -0.4 is 10.6 Å². The number of phenolic OH excluding ortho intramolecular Hbond substituents is 1. The molecule has 3 nitrogen and oxygen atoms in total. The molecule has 0 spiro atoms. The third-order valence-electron chi connectivity index (χ3n) is 4.29. The number of anilines is 1. The molecule has 1 unspecified atom stereocenters. The maximum Gasteiger partial charge on any atom is 0.122 e. The number of hydrogen-bond donors (Lipinski definition) is 2. The molecule has 0 saturated carbocycles. The van der Waals surface area contributed by atoms with Crippen LogP contribution in [0.15, 0.2) is 42.5 Å². The van der Waals surface area contributed by atoms with Crippen molar-refractivity contribution >= 4 is 5.69 Å². The van der Waals surface area contributed by atoms with Gasteiger partial charge in [-0.15, -0.1) is 0 Å². The maximum atomic E-state index is 10.1.